The fraction of sp³-hybridized carbons (Fsp3) is 0. The Balaban J connectivity index is 0. The third-order valence-electron chi connectivity index (χ3n) is 1.03. The van der Waals surface area contributed by atoms with Crippen molar-refractivity contribution >= 4 is 10.1 Å². The molecular weight excluding hydrogens is 189 g/mol. The molecule has 1 aromatic rings. The minimum Gasteiger partial charge on any atom is -0.744 e. The molecule has 0 aliphatic heterocycles. The van der Waals surface area contributed by atoms with Crippen LogP contribution in [0.15, 0.2) is 35.2 Å². The van der Waals surface area contributed by atoms with E-state index in [0.717, 1.165) is 0 Å². The van der Waals surface area contributed by atoms with Gasteiger partial charge in [-0.15, -0.1) is 0 Å². The number of hydrogen-bond acceptors (Lipinski definition) is 4. The van der Waals surface area contributed by atoms with E-state index in [-0.39, 0.29) is 40.6 Å². The van der Waals surface area contributed by atoms with Gasteiger partial charge in [0.1, 0.15) is 10.1 Å². The van der Waals surface area contributed by atoms with Gasteiger partial charge >= 0.3 is 29.6 Å². The standard InChI is InChI=1S/C6H6O3S.H3N.Na/c7-10(8,9)6-4-2-1-3-5-6;;/h1-5H,(H,7,8,9);1H3;/q;;+1/p-1. The smallest absolute Gasteiger partial charge is 0.744 e. The third-order valence-corrected chi connectivity index (χ3v) is 1.88. The molecule has 3 N–H and O–H groups in total. The van der Waals surface area contributed by atoms with E-state index in [9.17, 15) is 13.0 Å². The molecule has 12 heavy (non-hydrogen) atoms. The van der Waals surface area contributed by atoms with E-state index < -0.39 is 10.1 Å². The molecule has 0 atom stereocenters. The van der Waals surface area contributed by atoms with E-state index >= 15 is 0 Å². The molecule has 1 rings (SSSR count). The molecule has 0 bridgehead atoms. The van der Waals surface area contributed by atoms with Crippen LogP contribution in [0.3, 0.4) is 0 Å². The quantitative estimate of drug-likeness (QED) is 0.407. The second-order valence-electron chi connectivity index (χ2n) is 1.77. The van der Waals surface area contributed by atoms with Crippen LogP contribution >= 0.6 is 0 Å². The first kappa shape index (κ1) is 14.6. The minimum absolute atomic E-state index is 0. The van der Waals surface area contributed by atoms with Gasteiger partial charge in [0.2, 0.25) is 0 Å². The van der Waals surface area contributed by atoms with Gasteiger partial charge in [-0.25, -0.2) is 8.42 Å². The van der Waals surface area contributed by atoms with Gasteiger partial charge in [0.25, 0.3) is 0 Å². The van der Waals surface area contributed by atoms with Crippen molar-refractivity contribution in [2.45, 2.75) is 4.90 Å². The van der Waals surface area contributed by atoms with Crippen molar-refractivity contribution in [3.63, 3.8) is 0 Å². The Labute approximate surface area is 93.6 Å². The van der Waals surface area contributed by atoms with Gasteiger partial charge in [0, 0.05) is 0 Å². The van der Waals surface area contributed by atoms with Crippen molar-refractivity contribution in [1.29, 1.82) is 0 Å². The second-order valence-corrected chi connectivity index (χ2v) is 3.15. The average Bonchev–Trinajstić information content (AvgIpc) is 1.88. The minimum atomic E-state index is -4.25. The van der Waals surface area contributed by atoms with Crippen LogP contribution < -0.4 is 35.7 Å². The molecule has 0 saturated carbocycles. The van der Waals surface area contributed by atoms with Crippen LogP contribution in [0.1, 0.15) is 0 Å². The van der Waals surface area contributed by atoms with Crippen LogP contribution in [0, 0.1) is 0 Å². The third kappa shape index (κ3) is 4.20. The average molecular weight is 197 g/mol. The van der Waals surface area contributed by atoms with Gasteiger partial charge in [-0.3, -0.25) is 0 Å². The van der Waals surface area contributed by atoms with E-state index in [0.29, 0.717) is 0 Å². The summed E-state index contributed by atoms with van der Waals surface area (Å²) in [6, 6.07) is 7.19. The molecule has 0 aliphatic carbocycles. The molecule has 0 spiro atoms. The monoisotopic (exact) mass is 197 g/mol. The van der Waals surface area contributed by atoms with Crippen molar-refractivity contribution in [3.05, 3.63) is 30.3 Å². The molecule has 0 aromatic heterocycles. The molecule has 62 valence electrons. The van der Waals surface area contributed by atoms with Crippen molar-refractivity contribution in [2.75, 3.05) is 0 Å². The summed E-state index contributed by atoms with van der Waals surface area (Å²) in [6.45, 7) is 0. The molecule has 0 radical (unpaired) electrons. The zero-order valence-corrected chi connectivity index (χ0v) is 9.54. The first-order valence-electron chi connectivity index (χ1n) is 2.61. The molecule has 4 nitrogen and oxygen atoms in total. The molecule has 0 fully saturated rings. The van der Waals surface area contributed by atoms with Crippen LogP contribution in [0.2, 0.25) is 0 Å². The van der Waals surface area contributed by atoms with E-state index in [1.165, 1.54) is 24.3 Å². The number of benzene rings is 1. The largest absolute Gasteiger partial charge is 1.00 e. The molecule has 0 aliphatic rings. The fourth-order valence-corrected chi connectivity index (χ4v) is 1.08. The molecule has 0 heterocycles. The van der Waals surface area contributed by atoms with E-state index in [1.807, 2.05) is 0 Å². The van der Waals surface area contributed by atoms with Gasteiger partial charge in [-0.05, 0) is 12.1 Å². The number of hydrogen-bond donors (Lipinski definition) is 1. The summed E-state index contributed by atoms with van der Waals surface area (Å²) in [5.41, 5.74) is 0. The van der Waals surface area contributed by atoms with Crippen molar-refractivity contribution < 1.29 is 42.5 Å². The summed E-state index contributed by atoms with van der Waals surface area (Å²) in [5, 5.41) is 0. The van der Waals surface area contributed by atoms with Gasteiger partial charge in [-0.2, -0.15) is 0 Å². The summed E-state index contributed by atoms with van der Waals surface area (Å²) in [5.74, 6) is 0. The first-order valence-corrected chi connectivity index (χ1v) is 4.02. The Morgan fingerprint density at radius 3 is 1.75 bits per heavy atom. The first-order chi connectivity index (χ1) is 4.61. The fourth-order valence-electron chi connectivity index (χ4n) is 0.587. The number of rotatable bonds is 1. The molecule has 0 amide bonds. The predicted octanol–water partition coefficient (Wildman–Crippen LogP) is -2.24. The maximum absolute atomic E-state index is 10.3. The van der Waals surface area contributed by atoms with Crippen LogP contribution in [0.5, 0.6) is 0 Å². The Hall–Kier alpha value is 0.0900. The molecule has 0 unspecified atom stereocenters. The Bertz CT molecular complexity index is 311. The van der Waals surface area contributed by atoms with E-state index in [1.54, 1.807) is 6.07 Å². The van der Waals surface area contributed by atoms with Crippen molar-refractivity contribution in [3.8, 4) is 0 Å². The maximum atomic E-state index is 10.3. The zero-order chi connectivity index (χ0) is 7.61. The van der Waals surface area contributed by atoms with Gasteiger partial charge in [0.15, 0.2) is 0 Å². The Morgan fingerprint density at radius 2 is 1.50 bits per heavy atom. The second kappa shape index (κ2) is 5.69. The van der Waals surface area contributed by atoms with Gasteiger partial charge in [0.05, 0.1) is 4.90 Å². The normalized spacial score (nSPS) is 9.42. The summed E-state index contributed by atoms with van der Waals surface area (Å²) in [7, 11) is -4.25. The SMILES string of the molecule is N.O=S(=O)([O-])c1ccccc1.[Na+]. The van der Waals surface area contributed by atoms with Crippen molar-refractivity contribution in [2.24, 2.45) is 0 Å². The summed E-state index contributed by atoms with van der Waals surface area (Å²) in [4.78, 5) is -0.185. The zero-order valence-electron chi connectivity index (χ0n) is 6.73. The predicted molar refractivity (Wildman–Crippen MR) is 39.4 cm³/mol. The van der Waals surface area contributed by atoms with Gasteiger partial charge < -0.3 is 10.7 Å². The van der Waals surface area contributed by atoms with E-state index in [2.05, 4.69) is 0 Å². The molecule has 0 saturated heterocycles. The van der Waals surface area contributed by atoms with Crippen LogP contribution in [0.25, 0.3) is 0 Å². The molecular formula is C6H8NNaO3S. The Kier molecular flexibility index (Phi) is 6.92. The van der Waals surface area contributed by atoms with Crippen molar-refractivity contribution in [1.82, 2.24) is 6.15 Å². The van der Waals surface area contributed by atoms with E-state index in [4.69, 9.17) is 0 Å². The summed E-state index contributed by atoms with van der Waals surface area (Å²) >= 11 is 0. The summed E-state index contributed by atoms with van der Waals surface area (Å²) < 4.78 is 30.8. The van der Waals surface area contributed by atoms with Crippen LogP contribution in [-0.4, -0.2) is 13.0 Å². The summed E-state index contributed by atoms with van der Waals surface area (Å²) in [6.07, 6.45) is 0. The topological polar surface area (TPSA) is 92.2 Å². The van der Waals surface area contributed by atoms with Crippen LogP contribution in [-0.2, 0) is 10.1 Å². The van der Waals surface area contributed by atoms with Crippen LogP contribution in [0.4, 0.5) is 0 Å². The molecule has 1 aromatic carbocycles. The molecule has 6 heteroatoms. The van der Waals surface area contributed by atoms with Gasteiger partial charge in [-0.1, -0.05) is 18.2 Å². The Morgan fingerprint density at radius 1 is 1.08 bits per heavy atom. The maximum Gasteiger partial charge on any atom is 1.00 e.